The van der Waals surface area contributed by atoms with Crippen molar-refractivity contribution in [1.82, 2.24) is 15.1 Å². The number of carbonyl (C=O) groups is 2. The number of hydrogen-bond donors (Lipinski definition) is 1. The first-order chi connectivity index (χ1) is 9.59. The van der Waals surface area contributed by atoms with E-state index in [-0.39, 0.29) is 11.8 Å². The van der Waals surface area contributed by atoms with Crippen LogP contribution >= 0.6 is 0 Å². The van der Waals surface area contributed by atoms with E-state index in [0.29, 0.717) is 25.9 Å². The molecular formula is C15H25N3O2. The van der Waals surface area contributed by atoms with Gasteiger partial charge in [0.15, 0.2) is 0 Å². The zero-order chi connectivity index (χ0) is 14.8. The minimum absolute atomic E-state index is 0.0569. The highest BCUT2D eigenvalue weighted by Crippen LogP contribution is 2.05. The standard InChI is InChI=1S/C15H25N3O2/c1-14(19)16-9-7-8-15(20)17(2)10-3-4-11-18-12-5-6-13-18/h5-13H2,1-2H3,(H,16,19). The van der Waals surface area contributed by atoms with E-state index >= 15 is 0 Å². The van der Waals surface area contributed by atoms with Crippen molar-refractivity contribution < 1.29 is 9.59 Å². The number of carbonyl (C=O) groups excluding carboxylic acids is 2. The molecule has 1 fully saturated rings. The molecule has 1 aliphatic rings. The van der Waals surface area contributed by atoms with Gasteiger partial charge in [0.05, 0.1) is 13.1 Å². The van der Waals surface area contributed by atoms with Gasteiger partial charge in [0, 0.05) is 26.9 Å². The highest BCUT2D eigenvalue weighted by Gasteiger charge is 2.09. The molecule has 0 aliphatic carbocycles. The Kier molecular flexibility index (Phi) is 7.74. The van der Waals surface area contributed by atoms with Gasteiger partial charge >= 0.3 is 0 Å². The molecule has 0 aromatic heterocycles. The molecule has 1 N–H and O–H groups in total. The summed E-state index contributed by atoms with van der Waals surface area (Å²) in [6, 6.07) is 0. The summed E-state index contributed by atoms with van der Waals surface area (Å²) >= 11 is 0. The molecule has 0 aromatic rings. The molecule has 0 bridgehead atoms. The van der Waals surface area contributed by atoms with Gasteiger partial charge in [-0.3, -0.25) is 14.5 Å². The maximum absolute atomic E-state index is 11.8. The van der Waals surface area contributed by atoms with E-state index in [0.717, 1.165) is 19.6 Å². The minimum atomic E-state index is -0.0569. The Bertz CT molecular complexity index is 378. The fourth-order valence-electron chi connectivity index (χ4n) is 2.07. The first kappa shape index (κ1) is 16.5. The molecule has 1 aliphatic heterocycles. The lowest BCUT2D eigenvalue weighted by Crippen LogP contribution is -2.28. The third-order valence-electron chi connectivity index (χ3n) is 3.31. The number of hydrogen-bond acceptors (Lipinski definition) is 3. The SMILES string of the molecule is CC(=O)NCCCC(=O)N(C)CC#CCN1CCCC1. The predicted octanol–water partition coefficient (Wildman–Crippen LogP) is 0.460. The number of nitrogens with one attached hydrogen (secondary N) is 1. The molecule has 1 rings (SSSR count). The topological polar surface area (TPSA) is 52.7 Å². The number of rotatable bonds is 6. The fraction of sp³-hybridized carbons (Fsp3) is 0.733. The molecule has 0 unspecified atom stereocenters. The third kappa shape index (κ3) is 7.15. The van der Waals surface area contributed by atoms with Gasteiger partial charge in [-0.2, -0.15) is 0 Å². The van der Waals surface area contributed by atoms with Crippen molar-refractivity contribution in [3.63, 3.8) is 0 Å². The first-order valence-corrected chi connectivity index (χ1v) is 7.26. The smallest absolute Gasteiger partial charge is 0.223 e. The lowest BCUT2D eigenvalue weighted by Gasteiger charge is -2.14. The zero-order valence-electron chi connectivity index (χ0n) is 12.6. The van der Waals surface area contributed by atoms with Crippen LogP contribution in [0, 0.1) is 11.8 Å². The molecule has 0 aromatic carbocycles. The van der Waals surface area contributed by atoms with E-state index in [1.807, 2.05) is 0 Å². The molecule has 112 valence electrons. The largest absolute Gasteiger partial charge is 0.356 e. The summed E-state index contributed by atoms with van der Waals surface area (Å²) in [4.78, 5) is 26.4. The van der Waals surface area contributed by atoms with Crippen LogP contribution in [-0.4, -0.2) is 61.4 Å². The van der Waals surface area contributed by atoms with Crippen molar-refractivity contribution in [1.29, 1.82) is 0 Å². The van der Waals surface area contributed by atoms with Crippen molar-refractivity contribution in [2.45, 2.75) is 32.6 Å². The molecule has 1 heterocycles. The average molecular weight is 279 g/mol. The van der Waals surface area contributed by atoms with Gasteiger partial charge < -0.3 is 10.2 Å². The van der Waals surface area contributed by atoms with E-state index in [1.165, 1.54) is 19.8 Å². The van der Waals surface area contributed by atoms with Crippen LogP contribution in [0.1, 0.15) is 32.6 Å². The first-order valence-electron chi connectivity index (χ1n) is 7.26. The second-order valence-electron chi connectivity index (χ2n) is 5.17. The maximum Gasteiger partial charge on any atom is 0.223 e. The van der Waals surface area contributed by atoms with Crippen LogP contribution in [0.4, 0.5) is 0 Å². The summed E-state index contributed by atoms with van der Waals surface area (Å²) in [5, 5.41) is 2.68. The third-order valence-corrected chi connectivity index (χ3v) is 3.31. The van der Waals surface area contributed by atoms with E-state index in [1.54, 1.807) is 11.9 Å². The average Bonchev–Trinajstić information content (AvgIpc) is 2.92. The summed E-state index contributed by atoms with van der Waals surface area (Å²) in [6.45, 7) is 5.61. The van der Waals surface area contributed by atoms with Crippen molar-refractivity contribution in [2.24, 2.45) is 0 Å². The quantitative estimate of drug-likeness (QED) is 0.568. The van der Waals surface area contributed by atoms with Crippen molar-refractivity contribution in [3.8, 4) is 11.8 Å². The summed E-state index contributed by atoms with van der Waals surface area (Å²) in [6.07, 6.45) is 3.66. The van der Waals surface area contributed by atoms with E-state index in [2.05, 4.69) is 22.1 Å². The van der Waals surface area contributed by atoms with Crippen LogP contribution in [0.2, 0.25) is 0 Å². The fourth-order valence-corrected chi connectivity index (χ4v) is 2.07. The van der Waals surface area contributed by atoms with Crippen LogP contribution < -0.4 is 5.32 Å². The van der Waals surface area contributed by atoms with Crippen molar-refractivity contribution >= 4 is 11.8 Å². The highest BCUT2D eigenvalue weighted by molar-refractivity contribution is 5.76. The van der Waals surface area contributed by atoms with Crippen molar-refractivity contribution in [2.75, 3.05) is 39.8 Å². The second kappa shape index (κ2) is 9.38. The lowest BCUT2D eigenvalue weighted by atomic mass is 10.3. The van der Waals surface area contributed by atoms with Crippen LogP contribution in [0.15, 0.2) is 0 Å². The Hall–Kier alpha value is -1.54. The van der Waals surface area contributed by atoms with Gasteiger partial charge in [-0.15, -0.1) is 0 Å². The molecule has 0 spiro atoms. The Labute approximate surface area is 121 Å². The summed E-state index contributed by atoms with van der Waals surface area (Å²) in [7, 11) is 1.77. The summed E-state index contributed by atoms with van der Waals surface area (Å²) < 4.78 is 0. The van der Waals surface area contributed by atoms with E-state index < -0.39 is 0 Å². The molecular weight excluding hydrogens is 254 g/mol. The van der Waals surface area contributed by atoms with E-state index in [4.69, 9.17) is 0 Å². The summed E-state index contributed by atoms with van der Waals surface area (Å²) in [5.74, 6) is 6.18. The number of amides is 2. The van der Waals surface area contributed by atoms with Crippen LogP contribution in [-0.2, 0) is 9.59 Å². The van der Waals surface area contributed by atoms with Gasteiger partial charge in [-0.05, 0) is 32.4 Å². The number of nitrogens with zero attached hydrogens (tertiary/aromatic N) is 2. The van der Waals surface area contributed by atoms with E-state index in [9.17, 15) is 9.59 Å². The van der Waals surface area contributed by atoms with Gasteiger partial charge in [-0.1, -0.05) is 11.8 Å². The predicted molar refractivity (Wildman–Crippen MR) is 79.0 cm³/mol. The molecule has 0 radical (unpaired) electrons. The molecule has 0 atom stereocenters. The van der Waals surface area contributed by atoms with Gasteiger partial charge in [0.25, 0.3) is 0 Å². The molecule has 5 nitrogen and oxygen atoms in total. The molecule has 20 heavy (non-hydrogen) atoms. The minimum Gasteiger partial charge on any atom is -0.356 e. The monoisotopic (exact) mass is 279 g/mol. The zero-order valence-corrected chi connectivity index (χ0v) is 12.6. The molecule has 5 heteroatoms. The lowest BCUT2D eigenvalue weighted by molar-refractivity contribution is -0.129. The molecule has 1 saturated heterocycles. The Morgan fingerprint density at radius 1 is 1.25 bits per heavy atom. The molecule has 0 saturated carbocycles. The maximum atomic E-state index is 11.8. The summed E-state index contributed by atoms with van der Waals surface area (Å²) in [5.41, 5.74) is 0. The molecule has 2 amide bonds. The highest BCUT2D eigenvalue weighted by atomic mass is 16.2. The van der Waals surface area contributed by atoms with Crippen molar-refractivity contribution in [3.05, 3.63) is 0 Å². The second-order valence-corrected chi connectivity index (χ2v) is 5.17. The number of likely N-dealkylation sites (tertiary alicyclic amines) is 1. The van der Waals surface area contributed by atoms with Crippen LogP contribution in [0.25, 0.3) is 0 Å². The van der Waals surface area contributed by atoms with Crippen LogP contribution in [0.5, 0.6) is 0 Å². The normalized spacial score (nSPS) is 14.5. The van der Waals surface area contributed by atoms with Gasteiger partial charge in [0.2, 0.25) is 11.8 Å². The van der Waals surface area contributed by atoms with Gasteiger partial charge in [0.1, 0.15) is 0 Å². The Balaban J connectivity index is 2.11. The Morgan fingerprint density at radius 3 is 2.60 bits per heavy atom. The van der Waals surface area contributed by atoms with Crippen LogP contribution in [0.3, 0.4) is 0 Å². The Morgan fingerprint density at radius 2 is 1.95 bits per heavy atom. The van der Waals surface area contributed by atoms with Gasteiger partial charge in [-0.25, -0.2) is 0 Å².